The van der Waals surface area contributed by atoms with Crippen LogP contribution in [0.2, 0.25) is 0 Å². The molecule has 0 spiro atoms. The molecule has 0 amide bonds. The van der Waals surface area contributed by atoms with Gasteiger partial charge in [0.1, 0.15) is 11.2 Å². The lowest BCUT2D eigenvalue weighted by Gasteiger charge is -2.12. The van der Waals surface area contributed by atoms with Crippen LogP contribution in [0.15, 0.2) is 0 Å². The maximum Gasteiger partial charge on any atom is 0.319 e. The Kier molecular flexibility index (Phi) is 2.24. The number of aryl methyl sites for hydroxylation is 1. The molecular formula is C12H17N3O2. The molecule has 1 aromatic heterocycles. The Morgan fingerprint density at radius 1 is 1.53 bits per heavy atom. The van der Waals surface area contributed by atoms with E-state index >= 15 is 0 Å². The number of nitrogens with zero attached hydrogens (tertiary/aromatic N) is 3. The van der Waals surface area contributed by atoms with E-state index in [0.717, 1.165) is 24.5 Å². The van der Waals surface area contributed by atoms with Crippen LogP contribution in [-0.4, -0.2) is 27.3 Å². The summed E-state index contributed by atoms with van der Waals surface area (Å²) in [4.78, 5) is 16.5. The average Bonchev–Trinajstić information content (AvgIpc) is 3.20. The summed E-state index contributed by atoms with van der Waals surface area (Å²) in [6, 6.07) is 0. The Balaban J connectivity index is 1.90. The van der Waals surface area contributed by atoms with Crippen LogP contribution in [0.1, 0.15) is 50.2 Å². The minimum absolute atomic E-state index is 0.141. The highest BCUT2D eigenvalue weighted by Crippen LogP contribution is 2.49. The number of rotatable bonds is 4. The van der Waals surface area contributed by atoms with E-state index in [1.54, 1.807) is 4.68 Å². The highest BCUT2D eigenvalue weighted by atomic mass is 16.5. The average molecular weight is 235 g/mol. The molecule has 0 N–H and O–H groups in total. The van der Waals surface area contributed by atoms with Gasteiger partial charge in [-0.15, -0.1) is 0 Å². The number of hydrogen-bond acceptors (Lipinski definition) is 4. The first kappa shape index (κ1) is 10.7. The van der Waals surface area contributed by atoms with Crippen molar-refractivity contribution in [2.24, 2.45) is 7.05 Å². The molecule has 2 aliphatic carbocycles. The van der Waals surface area contributed by atoms with E-state index in [2.05, 4.69) is 10.1 Å². The molecule has 2 saturated carbocycles. The van der Waals surface area contributed by atoms with Gasteiger partial charge in [-0.1, -0.05) is 0 Å². The molecule has 0 aliphatic heterocycles. The molecule has 0 saturated heterocycles. The molecule has 1 aromatic rings. The first-order valence-corrected chi connectivity index (χ1v) is 6.26. The standard InChI is InChI=1S/C12H17N3O2/c1-3-17-11(16)12(6-7-12)10-13-9(8-4-5-8)14-15(10)2/h8H,3-7H2,1-2H3. The Bertz CT molecular complexity index is 458. The van der Waals surface area contributed by atoms with E-state index in [9.17, 15) is 4.79 Å². The molecule has 0 radical (unpaired) electrons. The zero-order valence-electron chi connectivity index (χ0n) is 10.3. The molecular weight excluding hydrogens is 218 g/mol. The van der Waals surface area contributed by atoms with Crippen LogP contribution in [-0.2, 0) is 22.0 Å². The van der Waals surface area contributed by atoms with E-state index < -0.39 is 5.41 Å². The summed E-state index contributed by atoms with van der Waals surface area (Å²) in [5.74, 6) is 2.07. The third-order valence-corrected chi connectivity index (χ3v) is 3.57. The first-order chi connectivity index (χ1) is 8.17. The number of aromatic nitrogens is 3. The smallest absolute Gasteiger partial charge is 0.319 e. The van der Waals surface area contributed by atoms with E-state index in [1.165, 1.54) is 12.8 Å². The molecule has 0 unspecified atom stereocenters. The Hall–Kier alpha value is -1.39. The fourth-order valence-electron chi connectivity index (χ4n) is 2.25. The quantitative estimate of drug-likeness (QED) is 0.738. The van der Waals surface area contributed by atoms with Gasteiger partial charge in [-0.3, -0.25) is 9.48 Å². The maximum absolute atomic E-state index is 12.0. The first-order valence-electron chi connectivity index (χ1n) is 6.26. The van der Waals surface area contributed by atoms with Gasteiger partial charge in [0.25, 0.3) is 0 Å². The number of ether oxygens (including phenoxy) is 1. The summed E-state index contributed by atoms with van der Waals surface area (Å²) < 4.78 is 6.91. The van der Waals surface area contributed by atoms with Crippen molar-refractivity contribution >= 4 is 5.97 Å². The lowest BCUT2D eigenvalue weighted by molar-refractivity contribution is -0.146. The van der Waals surface area contributed by atoms with Gasteiger partial charge in [0, 0.05) is 13.0 Å². The summed E-state index contributed by atoms with van der Waals surface area (Å²) >= 11 is 0. The van der Waals surface area contributed by atoms with E-state index in [4.69, 9.17) is 4.74 Å². The van der Waals surface area contributed by atoms with E-state index in [-0.39, 0.29) is 5.97 Å². The van der Waals surface area contributed by atoms with Crippen LogP contribution in [0.4, 0.5) is 0 Å². The van der Waals surface area contributed by atoms with Crippen LogP contribution in [0.25, 0.3) is 0 Å². The maximum atomic E-state index is 12.0. The Morgan fingerprint density at radius 2 is 2.24 bits per heavy atom. The van der Waals surface area contributed by atoms with Gasteiger partial charge in [0.15, 0.2) is 5.82 Å². The fraction of sp³-hybridized carbons (Fsp3) is 0.750. The summed E-state index contributed by atoms with van der Waals surface area (Å²) in [5.41, 5.74) is -0.495. The summed E-state index contributed by atoms with van der Waals surface area (Å²) in [6.07, 6.45) is 4.02. The zero-order valence-corrected chi connectivity index (χ0v) is 10.3. The molecule has 0 bridgehead atoms. The van der Waals surface area contributed by atoms with Crippen molar-refractivity contribution in [2.45, 2.75) is 43.9 Å². The van der Waals surface area contributed by atoms with E-state index in [1.807, 2.05) is 14.0 Å². The third-order valence-electron chi connectivity index (χ3n) is 3.57. The van der Waals surface area contributed by atoms with Crippen molar-refractivity contribution in [3.05, 3.63) is 11.6 Å². The number of carbonyl (C=O) groups excluding carboxylic acids is 1. The molecule has 0 aromatic carbocycles. The molecule has 3 rings (SSSR count). The number of hydrogen-bond donors (Lipinski definition) is 0. The summed E-state index contributed by atoms with van der Waals surface area (Å²) in [7, 11) is 1.87. The predicted molar refractivity (Wildman–Crippen MR) is 60.5 cm³/mol. The topological polar surface area (TPSA) is 57.0 Å². The molecule has 2 fully saturated rings. The fourth-order valence-corrected chi connectivity index (χ4v) is 2.25. The van der Waals surface area contributed by atoms with Gasteiger partial charge < -0.3 is 4.74 Å². The van der Waals surface area contributed by atoms with Gasteiger partial charge in [0.2, 0.25) is 0 Å². The molecule has 0 atom stereocenters. The molecule has 17 heavy (non-hydrogen) atoms. The minimum Gasteiger partial charge on any atom is -0.465 e. The second-order valence-corrected chi connectivity index (χ2v) is 4.99. The molecule has 92 valence electrons. The number of carbonyl (C=O) groups is 1. The second kappa shape index (κ2) is 3.55. The normalized spacial score (nSPS) is 21.3. The molecule has 5 nitrogen and oxygen atoms in total. The summed E-state index contributed by atoms with van der Waals surface area (Å²) in [6.45, 7) is 2.26. The van der Waals surface area contributed by atoms with Gasteiger partial charge in [-0.05, 0) is 32.6 Å². The van der Waals surface area contributed by atoms with Crippen LogP contribution >= 0.6 is 0 Å². The van der Waals surface area contributed by atoms with E-state index in [0.29, 0.717) is 12.5 Å². The van der Waals surface area contributed by atoms with Crippen molar-refractivity contribution in [3.8, 4) is 0 Å². The lowest BCUT2D eigenvalue weighted by Crippen LogP contribution is -2.26. The largest absolute Gasteiger partial charge is 0.465 e. The van der Waals surface area contributed by atoms with Crippen LogP contribution in [0.5, 0.6) is 0 Å². The van der Waals surface area contributed by atoms with Gasteiger partial charge in [-0.2, -0.15) is 5.10 Å². The molecule has 5 heteroatoms. The van der Waals surface area contributed by atoms with Gasteiger partial charge in [-0.25, -0.2) is 4.98 Å². The van der Waals surface area contributed by atoms with Crippen molar-refractivity contribution < 1.29 is 9.53 Å². The zero-order chi connectivity index (χ0) is 12.0. The van der Waals surface area contributed by atoms with Crippen molar-refractivity contribution in [2.75, 3.05) is 6.61 Å². The lowest BCUT2D eigenvalue weighted by atomic mass is 10.1. The Labute approximate surface area is 100 Å². The predicted octanol–water partition coefficient (Wildman–Crippen LogP) is 1.29. The van der Waals surface area contributed by atoms with Crippen LogP contribution < -0.4 is 0 Å². The number of esters is 1. The van der Waals surface area contributed by atoms with Crippen molar-refractivity contribution in [3.63, 3.8) is 0 Å². The monoisotopic (exact) mass is 235 g/mol. The highest BCUT2D eigenvalue weighted by molar-refractivity contribution is 5.85. The highest BCUT2D eigenvalue weighted by Gasteiger charge is 2.56. The summed E-state index contributed by atoms with van der Waals surface area (Å²) in [5, 5.41) is 4.42. The van der Waals surface area contributed by atoms with Gasteiger partial charge >= 0.3 is 5.97 Å². The van der Waals surface area contributed by atoms with Crippen molar-refractivity contribution in [1.82, 2.24) is 14.8 Å². The van der Waals surface area contributed by atoms with Gasteiger partial charge in [0.05, 0.1) is 6.61 Å². The third kappa shape index (κ3) is 1.64. The van der Waals surface area contributed by atoms with Crippen LogP contribution in [0.3, 0.4) is 0 Å². The van der Waals surface area contributed by atoms with Crippen molar-refractivity contribution in [1.29, 1.82) is 0 Å². The Morgan fingerprint density at radius 3 is 2.76 bits per heavy atom. The SMILES string of the molecule is CCOC(=O)C1(c2nc(C3CC3)nn2C)CC1. The molecule has 2 aliphatic rings. The second-order valence-electron chi connectivity index (χ2n) is 4.99. The molecule has 1 heterocycles. The minimum atomic E-state index is -0.495. The van der Waals surface area contributed by atoms with Crippen LogP contribution in [0, 0.1) is 0 Å².